The van der Waals surface area contributed by atoms with Crippen LogP contribution in [0.1, 0.15) is 33.6 Å². The Balaban J connectivity index is 2.46. The monoisotopic (exact) mass is 240 g/mol. The van der Waals surface area contributed by atoms with Gasteiger partial charge in [-0.3, -0.25) is 4.99 Å². The average molecular weight is 240 g/mol. The van der Waals surface area contributed by atoms with Crippen LogP contribution in [0.25, 0.3) is 0 Å². The fraction of sp³-hybridized carbons (Fsp3) is 0.923. The third-order valence-corrected chi connectivity index (χ3v) is 7.14. The van der Waals surface area contributed by atoms with Crippen LogP contribution < -0.4 is 0 Å². The Morgan fingerprint density at radius 3 is 2.50 bits per heavy atom. The molecule has 0 aromatic heterocycles. The summed E-state index contributed by atoms with van der Waals surface area (Å²) < 4.78 is 2.75. The van der Waals surface area contributed by atoms with Gasteiger partial charge in [0.2, 0.25) is 0 Å². The van der Waals surface area contributed by atoms with Gasteiger partial charge in [0.15, 0.2) is 0 Å². The van der Waals surface area contributed by atoms with Gasteiger partial charge in [-0.25, -0.2) is 0 Å². The zero-order valence-corrected chi connectivity index (χ0v) is 12.7. The summed E-state index contributed by atoms with van der Waals surface area (Å²) in [6, 6.07) is 1.93. The zero-order chi connectivity index (χ0) is 12.2. The second-order valence-corrected chi connectivity index (χ2v) is 10.9. The predicted octanol–water partition coefficient (Wildman–Crippen LogP) is 3.40. The molecular weight excluding hydrogens is 212 g/mol. The van der Waals surface area contributed by atoms with Crippen molar-refractivity contribution in [3.63, 3.8) is 0 Å². The van der Waals surface area contributed by atoms with Crippen LogP contribution in [0.15, 0.2) is 4.99 Å². The number of nitrogens with zero attached hydrogens (tertiary/aromatic N) is 2. The molecule has 2 nitrogen and oxygen atoms in total. The first-order chi connectivity index (χ1) is 7.42. The first kappa shape index (κ1) is 13.9. The summed E-state index contributed by atoms with van der Waals surface area (Å²) in [4.78, 5) is 4.64. The minimum Gasteiger partial charge on any atom is -0.322 e. The molecule has 0 amide bonds. The predicted molar refractivity (Wildman–Crippen MR) is 75.9 cm³/mol. The van der Waals surface area contributed by atoms with E-state index in [0.717, 1.165) is 0 Å². The molecule has 0 bridgehead atoms. The number of rotatable bonds is 4. The van der Waals surface area contributed by atoms with Crippen LogP contribution in [0.5, 0.6) is 0 Å². The molecule has 3 heteroatoms. The standard InChI is InChI=1S/C13H28N2Si/c1-12(2)10-14-13(3)11-15-8-6-7-9-16(15,4)5/h10,12-13H,6-9,11H2,1-5H3. The van der Waals surface area contributed by atoms with Crippen molar-refractivity contribution in [3.8, 4) is 0 Å². The molecular formula is C13H28N2Si. The van der Waals surface area contributed by atoms with Crippen molar-refractivity contribution in [2.24, 2.45) is 10.9 Å². The van der Waals surface area contributed by atoms with Gasteiger partial charge in [0.1, 0.15) is 8.24 Å². The fourth-order valence-corrected chi connectivity index (χ4v) is 5.30. The van der Waals surface area contributed by atoms with E-state index >= 15 is 0 Å². The second kappa shape index (κ2) is 5.96. The molecule has 1 aliphatic heterocycles. The lowest BCUT2D eigenvalue weighted by Crippen LogP contribution is -2.53. The topological polar surface area (TPSA) is 15.6 Å². The Labute approximate surface area is 102 Å². The number of hydrogen-bond donors (Lipinski definition) is 0. The van der Waals surface area contributed by atoms with Crippen molar-refractivity contribution in [3.05, 3.63) is 0 Å². The molecule has 1 saturated heterocycles. The molecule has 1 atom stereocenters. The van der Waals surface area contributed by atoms with E-state index in [9.17, 15) is 0 Å². The molecule has 0 aromatic rings. The third-order valence-electron chi connectivity index (χ3n) is 3.45. The summed E-state index contributed by atoms with van der Waals surface area (Å²) in [5, 5.41) is 0. The van der Waals surface area contributed by atoms with Gasteiger partial charge in [-0.1, -0.05) is 33.4 Å². The maximum absolute atomic E-state index is 4.64. The highest BCUT2D eigenvalue weighted by Crippen LogP contribution is 2.24. The summed E-state index contributed by atoms with van der Waals surface area (Å²) >= 11 is 0. The van der Waals surface area contributed by atoms with Gasteiger partial charge in [-0.15, -0.1) is 0 Å². The molecule has 1 rings (SSSR count). The first-order valence-corrected chi connectivity index (χ1v) is 9.85. The third kappa shape index (κ3) is 4.38. The van der Waals surface area contributed by atoms with Crippen LogP contribution in [-0.4, -0.2) is 38.1 Å². The van der Waals surface area contributed by atoms with E-state index in [-0.39, 0.29) is 0 Å². The Morgan fingerprint density at radius 1 is 1.25 bits per heavy atom. The number of aliphatic imine (C=N–C) groups is 1. The molecule has 1 unspecified atom stereocenters. The van der Waals surface area contributed by atoms with Crippen molar-refractivity contribution in [2.75, 3.05) is 13.1 Å². The van der Waals surface area contributed by atoms with Crippen molar-refractivity contribution in [1.82, 2.24) is 4.57 Å². The van der Waals surface area contributed by atoms with E-state index in [1.807, 2.05) is 0 Å². The highest BCUT2D eigenvalue weighted by Gasteiger charge is 2.32. The summed E-state index contributed by atoms with van der Waals surface area (Å²) in [7, 11) is -1.08. The van der Waals surface area contributed by atoms with Gasteiger partial charge in [0.05, 0.1) is 6.04 Å². The van der Waals surface area contributed by atoms with Gasteiger partial charge in [0, 0.05) is 12.8 Å². The Morgan fingerprint density at radius 2 is 1.94 bits per heavy atom. The molecule has 0 saturated carbocycles. The largest absolute Gasteiger partial charge is 0.322 e. The van der Waals surface area contributed by atoms with Crippen LogP contribution in [0.3, 0.4) is 0 Å². The molecule has 0 aromatic carbocycles. The lowest BCUT2D eigenvalue weighted by Gasteiger charge is -2.41. The summed E-state index contributed by atoms with van der Waals surface area (Å²) in [6.07, 6.45) is 4.93. The summed E-state index contributed by atoms with van der Waals surface area (Å²) in [5.74, 6) is 0.578. The molecule has 16 heavy (non-hydrogen) atoms. The SMILES string of the molecule is CC(C)C=NC(C)CN1CCCC[Si]1(C)C. The van der Waals surface area contributed by atoms with Crippen molar-refractivity contribution >= 4 is 14.5 Å². The lowest BCUT2D eigenvalue weighted by molar-refractivity contribution is 0.364. The van der Waals surface area contributed by atoms with Crippen LogP contribution in [0, 0.1) is 5.92 Å². The lowest BCUT2D eigenvalue weighted by atomic mass is 10.2. The van der Waals surface area contributed by atoms with Crippen molar-refractivity contribution in [1.29, 1.82) is 0 Å². The average Bonchev–Trinajstić information content (AvgIpc) is 2.18. The van der Waals surface area contributed by atoms with Crippen molar-refractivity contribution < 1.29 is 0 Å². The van der Waals surface area contributed by atoms with Gasteiger partial charge in [0.25, 0.3) is 0 Å². The van der Waals surface area contributed by atoms with Gasteiger partial charge >= 0.3 is 0 Å². The van der Waals surface area contributed by atoms with E-state index in [2.05, 4.69) is 49.6 Å². The minimum atomic E-state index is -1.08. The van der Waals surface area contributed by atoms with Crippen LogP contribution in [-0.2, 0) is 0 Å². The van der Waals surface area contributed by atoms with Gasteiger partial charge in [-0.05, 0) is 31.9 Å². The zero-order valence-electron chi connectivity index (χ0n) is 11.7. The van der Waals surface area contributed by atoms with Crippen LogP contribution >= 0.6 is 0 Å². The molecule has 94 valence electrons. The summed E-state index contributed by atoms with van der Waals surface area (Å²) in [5.41, 5.74) is 0. The Kier molecular flexibility index (Phi) is 5.19. The molecule has 0 radical (unpaired) electrons. The van der Waals surface area contributed by atoms with E-state index < -0.39 is 8.24 Å². The smallest absolute Gasteiger partial charge is 0.122 e. The quantitative estimate of drug-likeness (QED) is 0.543. The molecule has 1 heterocycles. The van der Waals surface area contributed by atoms with E-state index in [1.54, 1.807) is 0 Å². The molecule has 0 N–H and O–H groups in total. The molecule has 0 spiro atoms. The second-order valence-electron chi connectivity index (χ2n) is 6.11. The van der Waals surface area contributed by atoms with Gasteiger partial charge in [-0.2, -0.15) is 0 Å². The van der Waals surface area contributed by atoms with Crippen molar-refractivity contribution in [2.45, 2.75) is 58.8 Å². The molecule has 1 aliphatic rings. The minimum absolute atomic E-state index is 0.465. The summed E-state index contributed by atoms with van der Waals surface area (Å²) in [6.45, 7) is 14.1. The maximum atomic E-state index is 4.64. The molecule has 0 aliphatic carbocycles. The maximum Gasteiger partial charge on any atom is 0.122 e. The number of hydrogen-bond acceptors (Lipinski definition) is 2. The Bertz CT molecular complexity index is 236. The molecule has 1 fully saturated rings. The van der Waals surface area contributed by atoms with Gasteiger partial charge < -0.3 is 4.57 Å². The first-order valence-electron chi connectivity index (χ1n) is 6.70. The Hall–Kier alpha value is -0.153. The highest BCUT2D eigenvalue weighted by molar-refractivity contribution is 6.74. The van der Waals surface area contributed by atoms with Crippen LogP contribution in [0.2, 0.25) is 19.1 Å². The van der Waals surface area contributed by atoms with Crippen LogP contribution in [0.4, 0.5) is 0 Å². The highest BCUT2D eigenvalue weighted by atomic mass is 28.3. The fourth-order valence-electron chi connectivity index (χ4n) is 2.34. The normalized spacial score (nSPS) is 24.1. The van der Waals surface area contributed by atoms with E-state index in [4.69, 9.17) is 0 Å². The van der Waals surface area contributed by atoms with E-state index in [1.165, 1.54) is 32.0 Å². The van der Waals surface area contributed by atoms with E-state index in [0.29, 0.717) is 12.0 Å².